The SMILES string of the molecule is O=S=C(Cc1ccccc1)N1CCC(=O)CC1. The lowest BCUT2D eigenvalue weighted by Crippen LogP contribution is -2.39. The maximum absolute atomic E-state index is 11.2. The fourth-order valence-electron chi connectivity index (χ4n) is 1.97. The zero-order chi connectivity index (χ0) is 12.1. The third-order valence-corrected chi connectivity index (χ3v) is 3.56. The van der Waals surface area contributed by atoms with Crippen molar-refractivity contribution in [1.29, 1.82) is 0 Å². The van der Waals surface area contributed by atoms with Gasteiger partial charge in [-0.3, -0.25) is 9.69 Å². The second-order valence-corrected chi connectivity index (χ2v) is 4.80. The lowest BCUT2D eigenvalue weighted by atomic mass is 10.1. The van der Waals surface area contributed by atoms with Crippen LogP contribution >= 0.6 is 0 Å². The van der Waals surface area contributed by atoms with E-state index in [9.17, 15) is 9.00 Å². The molecule has 1 heterocycles. The molecule has 0 unspecified atom stereocenters. The molecule has 1 aromatic carbocycles. The third kappa shape index (κ3) is 3.35. The van der Waals surface area contributed by atoms with Gasteiger partial charge in [-0.15, -0.1) is 0 Å². The van der Waals surface area contributed by atoms with E-state index in [0.29, 0.717) is 49.4 Å². The number of piperidine rings is 1. The van der Waals surface area contributed by atoms with Gasteiger partial charge < -0.3 is 0 Å². The molecule has 3 nitrogen and oxygen atoms in total. The lowest BCUT2D eigenvalue weighted by molar-refractivity contribution is -0.120. The Morgan fingerprint density at radius 2 is 1.82 bits per heavy atom. The molecule has 0 amide bonds. The lowest BCUT2D eigenvalue weighted by Gasteiger charge is -2.25. The standard InChI is InChI=1S/C13H15NO2S/c15-12-6-8-14(9-7-12)13(17-16)10-11-4-2-1-3-5-11/h1-5H,6-10H2. The van der Waals surface area contributed by atoms with Crippen LogP contribution in [0.15, 0.2) is 30.3 Å². The second kappa shape index (κ2) is 5.89. The van der Waals surface area contributed by atoms with Crippen molar-refractivity contribution in [2.24, 2.45) is 0 Å². The number of benzene rings is 1. The predicted octanol–water partition coefficient (Wildman–Crippen LogP) is 1.24. The maximum Gasteiger partial charge on any atom is 0.135 e. The average Bonchev–Trinajstić information content (AvgIpc) is 2.38. The number of Topliss-reactive ketones (excluding diaryl/α,β-unsaturated/α-hetero) is 1. The molecule has 0 radical (unpaired) electrons. The first-order valence-electron chi connectivity index (χ1n) is 5.76. The normalized spacial score (nSPS) is 16.8. The van der Waals surface area contributed by atoms with Crippen LogP contribution in [0.2, 0.25) is 0 Å². The molecule has 1 aromatic rings. The second-order valence-electron chi connectivity index (χ2n) is 4.17. The number of ketones is 1. The van der Waals surface area contributed by atoms with E-state index in [4.69, 9.17) is 0 Å². The van der Waals surface area contributed by atoms with Crippen LogP contribution in [0.1, 0.15) is 18.4 Å². The zero-order valence-electron chi connectivity index (χ0n) is 9.59. The minimum Gasteiger partial charge on any atom is -0.300 e. The third-order valence-electron chi connectivity index (χ3n) is 2.97. The Morgan fingerprint density at radius 1 is 1.18 bits per heavy atom. The number of hydrogen-bond donors (Lipinski definition) is 0. The molecule has 90 valence electrons. The van der Waals surface area contributed by atoms with Crippen molar-refractivity contribution in [1.82, 2.24) is 4.90 Å². The van der Waals surface area contributed by atoms with Crippen LogP contribution < -0.4 is 0 Å². The Hall–Kier alpha value is -1.26. The Labute approximate surface area is 105 Å². The van der Waals surface area contributed by atoms with E-state index in [0.717, 1.165) is 10.6 Å². The van der Waals surface area contributed by atoms with Gasteiger partial charge in [-0.2, -0.15) is 0 Å². The van der Waals surface area contributed by atoms with Gasteiger partial charge in [0.25, 0.3) is 0 Å². The Morgan fingerprint density at radius 3 is 2.41 bits per heavy atom. The zero-order valence-corrected chi connectivity index (χ0v) is 10.4. The largest absolute Gasteiger partial charge is 0.300 e. The molecule has 1 aliphatic heterocycles. The number of nitrogens with zero attached hydrogens (tertiary/aromatic N) is 1. The molecule has 0 spiro atoms. The van der Waals surface area contributed by atoms with E-state index in [-0.39, 0.29) is 0 Å². The highest BCUT2D eigenvalue weighted by Crippen LogP contribution is 2.09. The summed E-state index contributed by atoms with van der Waals surface area (Å²) in [5.41, 5.74) is 1.14. The first kappa shape index (κ1) is 12.2. The summed E-state index contributed by atoms with van der Waals surface area (Å²) in [6.07, 6.45) is 1.81. The van der Waals surface area contributed by atoms with Crippen molar-refractivity contribution in [3.8, 4) is 0 Å². The molecule has 0 atom stereocenters. The van der Waals surface area contributed by atoms with Gasteiger partial charge in [-0.05, 0) is 5.56 Å². The van der Waals surface area contributed by atoms with Crippen molar-refractivity contribution < 1.29 is 9.00 Å². The van der Waals surface area contributed by atoms with Crippen molar-refractivity contribution in [3.05, 3.63) is 35.9 Å². The number of carbonyl (C=O) groups excluding carboxylic acids is 1. The fraction of sp³-hybridized carbons (Fsp3) is 0.385. The van der Waals surface area contributed by atoms with E-state index < -0.39 is 0 Å². The summed E-state index contributed by atoms with van der Waals surface area (Å²) < 4.78 is 11.2. The molecule has 4 heteroatoms. The number of carbonyl (C=O) groups is 1. The number of likely N-dealkylation sites (tertiary alicyclic amines) is 1. The minimum atomic E-state index is 0.302. The number of hydrogen-bond acceptors (Lipinski definition) is 2. The van der Waals surface area contributed by atoms with Gasteiger partial charge in [0.15, 0.2) is 0 Å². The van der Waals surface area contributed by atoms with Gasteiger partial charge in [-0.25, -0.2) is 4.21 Å². The van der Waals surface area contributed by atoms with Crippen LogP contribution in [0, 0.1) is 0 Å². The fourth-order valence-corrected chi connectivity index (χ4v) is 2.48. The van der Waals surface area contributed by atoms with E-state index in [1.807, 2.05) is 35.2 Å². The van der Waals surface area contributed by atoms with E-state index >= 15 is 0 Å². The van der Waals surface area contributed by atoms with Crippen LogP contribution in [0.25, 0.3) is 0 Å². The molecule has 1 fully saturated rings. The summed E-state index contributed by atoms with van der Waals surface area (Å²) in [5, 5.41) is 0. The van der Waals surface area contributed by atoms with Gasteiger partial charge >= 0.3 is 0 Å². The van der Waals surface area contributed by atoms with E-state index in [1.54, 1.807) is 0 Å². The van der Waals surface area contributed by atoms with Crippen LogP contribution in [-0.2, 0) is 22.5 Å². The van der Waals surface area contributed by atoms with Crippen molar-refractivity contribution in [2.75, 3.05) is 13.1 Å². The van der Waals surface area contributed by atoms with Crippen molar-refractivity contribution >= 4 is 22.0 Å². The van der Waals surface area contributed by atoms with E-state index in [1.165, 1.54) is 0 Å². The summed E-state index contributed by atoms with van der Waals surface area (Å²) in [5.74, 6) is 0.302. The monoisotopic (exact) mass is 249 g/mol. The molecule has 2 rings (SSSR count). The molecule has 0 aromatic heterocycles. The van der Waals surface area contributed by atoms with E-state index in [2.05, 4.69) is 0 Å². The molecule has 17 heavy (non-hydrogen) atoms. The Balaban J connectivity index is 2.03. The van der Waals surface area contributed by atoms with Crippen LogP contribution in [-0.4, -0.2) is 33.0 Å². The molecule has 1 aliphatic rings. The maximum atomic E-state index is 11.2. The predicted molar refractivity (Wildman–Crippen MR) is 69.1 cm³/mol. The molecule has 0 saturated carbocycles. The Kier molecular flexibility index (Phi) is 4.23. The minimum absolute atomic E-state index is 0.302. The smallest absolute Gasteiger partial charge is 0.135 e. The van der Waals surface area contributed by atoms with Gasteiger partial charge in [0.2, 0.25) is 0 Å². The van der Waals surface area contributed by atoms with Crippen LogP contribution in [0.3, 0.4) is 0 Å². The highest BCUT2D eigenvalue weighted by atomic mass is 32.1. The summed E-state index contributed by atoms with van der Waals surface area (Å²) in [6.45, 7) is 1.38. The Bertz CT molecular complexity index is 442. The van der Waals surface area contributed by atoms with Crippen molar-refractivity contribution in [3.63, 3.8) is 0 Å². The molecular formula is C13H15NO2S. The summed E-state index contributed by atoms with van der Waals surface area (Å²) in [4.78, 5) is 14.0. The average molecular weight is 249 g/mol. The first-order valence-corrected chi connectivity index (χ1v) is 6.50. The van der Waals surface area contributed by atoms with Gasteiger partial charge in [0, 0.05) is 32.4 Å². The van der Waals surface area contributed by atoms with Crippen molar-refractivity contribution in [2.45, 2.75) is 19.3 Å². The highest BCUT2D eigenvalue weighted by Gasteiger charge is 2.20. The van der Waals surface area contributed by atoms with Gasteiger partial charge in [0.05, 0.1) is 4.99 Å². The topological polar surface area (TPSA) is 37.4 Å². The van der Waals surface area contributed by atoms with Gasteiger partial charge in [-0.1, -0.05) is 30.3 Å². The summed E-state index contributed by atoms with van der Waals surface area (Å²) in [6, 6.07) is 9.95. The molecule has 1 saturated heterocycles. The molecule has 0 N–H and O–H groups in total. The first-order chi connectivity index (χ1) is 8.29. The van der Waals surface area contributed by atoms with Crippen LogP contribution in [0.4, 0.5) is 0 Å². The highest BCUT2D eigenvalue weighted by molar-refractivity contribution is 7.66. The molecule has 0 aliphatic carbocycles. The summed E-state index contributed by atoms with van der Waals surface area (Å²) >= 11 is 0.554. The molecule has 0 bridgehead atoms. The summed E-state index contributed by atoms with van der Waals surface area (Å²) in [7, 11) is 0. The van der Waals surface area contributed by atoms with Gasteiger partial charge in [0.1, 0.15) is 17.0 Å². The molecular weight excluding hydrogens is 234 g/mol. The quantitative estimate of drug-likeness (QED) is 0.740. The van der Waals surface area contributed by atoms with Crippen LogP contribution in [0.5, 0.6) is 0 Å². The number of rotatable bonds is 2.